The molecule has 0 aromatic heterocycles. The minimum Gasteiger partial charge on any atom is -0.548 e. The van der Waals surface area contributed by atoms with E-state index in [1.54, 1.807) is 6.92 Å². The maximum Gasteiger partial charge on any atom is 0.220 e. The fourth-order valence-electron chi connectivity index (χ4n) is 0.296. The number of carboxylic acids is 1. The van der Waals surface area contributed by atoms with Gasteiger partial charge >= 0.3 is 0 Å². The number of carbonyl (C=O) groups is 3. The van der Waals surface area contributed by atoms with Crippen LogP contribution in [0.1, 0.15) is 20.3 Å². The van der Waals surface area contributed by atoms with Gasteiger partial charge in [0.2, 0.25) is 5.91 Å². The van der Waals surface area contributed by atoms with Gasteiger partial charge in [0.25, 0.3) is 0 Å². The van der Waals surface area contributed by atoms with Gasteiger partial charge in [0.05, 0.1) is 12.5 Å². The van der Waals surface area contributed by atoms with E-state index in [9.17, 15) is 14.7 Å². The fourth-order valence-corrected chi connectivity index (χ4v) is 0.296. The van der Waals surface area contributed by atoms with Crippen LogP contribution in [0.25, 0.3) is 0 Å². The Morgan fingerprint density at radius 3 is 2.17 bits per heavy atom. The number of aliphatic carboxylic acids is 1. The van der Waals surface area contributed by atoms with Crippen molar-refractivity contribution in [3.63, 3.8) is 0 Å². The summed E-state index contributed by atoms with van der Waals surface area (Å²) < 4.78 is 0. The minimum absolute atomic E-state index is 0.279. The molecule has 0 aliphatic rings. The molecule has 0 spiro atoms. The smallest absolute Gasteiger partial charge is 0.220 e. The minimum atomic E-state index is -1.27. The van der Waals surface area contributed by atoms with E-state index in [1.807, 2.05) is 0 Å². The standard InChI is InChI=1S/C5H9NO3.C2H4O/c1-2-4(7)6-3-5(8)9;1-2-3/h2-3H2,1H3,(H,6,7)(H,8,9);2H,1H3/p-1. The fraction of sp³-hybridized carbons (Fsp3) is 0.571. The first-order chi connectivity index (χ1) is 5.58. The monoisotopic (exact) mass is 174 g/mol. The number of hydrogen-bond donors (Lipinski definition) is 1. The lowest BCUT2D eigenvalue weighted by molar-refractivity contribution is -0.304. The van der Waals surface area contributed by atoms with Crippen LogP contribution in [-0.2, 0) is 14.4 Å². The number of nitrogens with one attached hydrogen (secondary N) is 1. The van der Waals surface area contributed by atoms with Gasteiger partial charge in [0.15, 0.2) is 0 Å². The molecule has 0 atom stereocenters. The highest BCUT2D eigenvalue weighted by atomic mass is 16.4. The van der Waals surface area contributed by atoms with E-state index in [1.165, 1.54) is 6.92 Å². The van der Waals surface area contributed by atoms with Crippen molar-refractivity contribution in [2.75, 3.05) is 6.54 Å². The highest BCUT2D eigenvalue weighted by Crippen LogP contribution is 1.71. The quantitative estimate of drug-likeness (QED) is 0.526. The van der Waals surface area contributed by atoms with Crippen LogP contribution in [0.3, 0.4) is 0 Å². The van der Waals surface area contributed by atoms with E-state index in [2.05, 4.69) is 5.32 Å². The molecule has 0 rings (SSSR count). The number of carboxylic acid groups (broad SMARTS) is 1. The van der Waals surface area contributed by atoms with Crippen molar-refractivity contribution in [2.45, 2.75) is 20.3 Å². The predicted molar refractivity (Wildman–Crippen MR) is 40.0 cm³/mol. The molecule has 0 unspecified atom stereocenters. The Balaban J connectivity index is 0. The molecule has 0 aliphatic carbocycles. The Labute approximate surface area is 70.8 Å². The summed E-state index contributed by atoms with van der Waals surface area (Å²) in [5, 5.41) is 11.8. The van der Waals surface area contributed by atoms with Gasteiger partial charge in [-0.25, -0.2) is 0 Å². The molecule has 0 heterocycles. The molecule has 0 radical (unpaired) electrons. The maximum absolute atomic E-state index is 10.3. The Morgan fingerprint density at radius 2 is 1.92 bits per heavy atom. The van der Waals surface area contributed by atoms with Crippen LogP contribution in [0.15, 0.2) is 0 Å². The number of hydrogen-bond acceptors (Lipinski definition) is 4. The van der Waals surface area contributed by atoms with Crippen LogP contribution in [-0.4, -0.2) is 24.7 Å². The molecule has 0 bridgehead atoms. The molecule has 1 N–H and O–H groups in total. The third-order valence-electron chi connectivity index (χ3n) is 0.751. The number of amides is 1. The zero-order valence-electron chi connectivity index (χ0n) is 7.12. The van der Waals surface area contributed by atoms with E-state index in [4.69, 9.17) is 4.79 Å². The average molecular weight is 174 g/mol. The molecule has 0 aromatic rings. The van der Waals surface area contributed by atoms with Gasteiger partial charge < -0.3 is 20.0 Å². The van der Waals surface area contributed by atoms with Crippen molar-refractivity contribution >= 4 is 18.2 Å². The highest BCUT2D eigenvalue weighted by Gasteiger charge is 1.92. The molecule has 5 heteroatoms. The van der Waals surface area contributed by atoms with Crippen molar-refractivity contribution in [3.05, 3.63) is 0 Å². The van der Waals surface area contributed by atoms with Crippen LogP contribution in [0.5, 0.6) is 0 Å². The Hall–Kier alpha value is -1.39. The van der Waals surface area contributed by atoms with E-state index in [-0.39, 0.29) is 5.91 Å². The predicted octanol–water partition coefficient (Wildman–Crippen LogP) is -1.53. The lowest BCUT2D eigenvalue weighted by Gasteiger charge is -2.01. The van der Waals surface area contributed by atoms with Gasteiger partial charge in [-0.2, -0.15) is 0 Å². The van der Waals surface area contributed by atoms with Crippen LogP contribution in [0.4, 0.5) is 0 Å². The second-order valence-electron chi connectivity index (χ2n) is 1.74. The summed E-state index contributed by atoms with van der Waals surface area (Å²) in [5.74, 6) is -1.55. The van der Waals surface area contributed by atoms with Gasteiger partial charge in [-0.3, -0.25) is 4.79 Å². The highest BCUT2D eigenvalue weighted by molar-refractivity contribution is 5.80. The van der Waals surface area contributed by atoms with Crippen molar-refractivity contribution in [1.82, 2.24) is 5.32 Å². The van der Waals surface area contributed by atoms with Crippen molar-refractivity contribution in [2.24, 2.45) is 0 Å². The Kier molecular flexibility index (Phi) is 10.6. The molecule has 0 fully saturated rings. The topological polar surface area (TPSA) is 86.3 Å². The molecule has 0 saturated carbocycles. The number of aldehydes is 1. The first-order valence-electron chi connectivity index (χ1n) is 3.44. The first-order valence-corrected chi connectivity index (χ1v) is 3.44. The third kappa shape index (κ3) is 15.8. The molecule has 0 aromatic carbocycles. The van der Waals surface area contributed by atoms with Crippen LogP contribution >= 0.6 is 0 Å². The van der Waals surface area contributed by atoms with E-state index >= 15 is 0 Å². The summed E-state index contributed by atoms with van der Waals surface area (Å²) in [6.07, 6.45) is 1.05. The SMILES string of the molecule is CC=O.CCC(=O)NCC(=O)[O-]. The first kappa shape index (κ1) is 13.2. The number of rotatable bonds is 3. The van der Waals surface area contributed by atoms with Gasteiger partial charge in [0.1, 0.15) is 6.29 Å². The number of carbonyl (C=O) groups excluding carboxylic acids is 3. The van der Waals surface area contributed by atoms with Crippen molar-refractivity contribution < 1.29 is 19.5 Å². The molecule has 70 valence electrons. The summed E-state index contributed by atoms with van der Waals surface area (Å²) in [4.78, 5) is 28.8. The molecule has 1 amide bonds. The van der Waals surface area contributed by atoms with Gasteiger partial charge in [0, 0.05) is 6.42 Å². The van der Waals surface area contributed by atoms with Gasteiger partial charge in [-0.05, 0) is 6.92 Å². The molecule has 12 heavy (non-hydrogen) atoms. The van der Waals surface area contributed by atoms with Gasteiger partial charge in [-0.15, -0.1) is 0 Å². The Bertz CT molecular complexity index is 155. The van der Waals surface area contributed by atoms with Crippen LogP contribution < -0.4 is 10.4 Å². The molecule has 0 saturated heterocycles. The second kappa shape index (κ2) is 9.61. The maximum atomic E-state index is 10.3. The normalized spacial score (nSPS) is 7.50. The summed E-state index contributed by atoms with van der Waals surface area (Å²) in [5.41, 5.74) is 0. The average Bonchev–Trinajstić information content (AvgIpc) is 2.01. The zero-order chi connectivity index (χ0) is 9.98. The van der Waals surface area contributed by atoms with Crippen LogP contribution in [0, 0.1) is 0 Å². The van der Waals surface area contributed by atoms with E-state index < -0.39 is 12.5 Å². The Morgan fingerprint density at radius 1 is 1.50 bits per heavy atom. The van der Waals surface area contributed by atoms with Crippen LogP contribution in [0.2, 0.25) is 0 Å². The molecular formula is C7H12NO4-. The van der Waals surface area contributed by atoms with Gasteiger partial charge in [-0.1, -0.05) is 6.92 Å². The van der Waals surface area contributed by atoms with E-state index in [0.29, 0.717) is 6.42 Å². The second-order valence-corrected chi connectivity index (χ2v) is 1.74. The third-order valence-corrected chi connectivity index (χ3v) is 0.751. The summed E-state index contributed by atoms with van der Waals surface area (Å²) >= 11 is 0. The summed E-state index contributed by atoms with van der Waals surface area (Å²) in [7, 11) is 0. The zero-order valence-corrected chi connectivity index (χ0v) is 7.12. The molecular weight excluding hydrogens is 162 g/mol. The summed E-state index contributed by atoms with van der Waals surface area (Å²) in [6, 6.07) is 0. The lowest BCUT2D eigenvalue weighted by Crippen LogP contribution is -2.37. The molecule has 5 nitrogen and oxygen atoms in total. The lowest BCUT2D eigenvalue weighted by atomic mass is 10.4. The summed E-state index contributed by atoms with van der Waals surface area (Å²) in [6.45, 7) is 2.69. The largest absolute Gasteiger partial charge is 0.548 e. The molecule has 0 aliphatic heterocycles. The van der Waals surface area contributed by atoms with E-state index in [0.717, 1.165) is 6.29 Å². The van der Waals surface area contributed by atoms with Crippen molar-refractivity contribution in [3.8, 4) is 0 Å². The van der Waals surface area contributed by atoms with Crippen molar-refractivity contribution in [1.29, 1.82) is 0 Å².